The van der Waals surface area contributed by atoms with E-state index in [0.717, 1.165) is 11.8 Å². The lowest BCUT2D eigenvalue weighted by molar-refractivity contribution is 0.514. The normalized spacial score (nSPS) is 18.9. The van der Waals surface area contributed by atoms with Gasteiger partial charge in [-0.25, -0.2) is 0 Å². The first-order valence-corrected chi connectivity index (χ1v) is 3.59. The van der Waals surface area contributed by atoms with Crippen LogP contribution in [0.4, 0.5) is 0 Å². The molecule has 0 heterocycles. The summed E-state index contributed by atoms with van der Waals surface area (Å²) < 4.78 is 0. The minimum Gasteiger partial charge on any atom is -0.325 e. The van der Waals surface area contributed by atoms with Crippen molar-refractivity contribution in [3.05, 3.63) is 0 Å². The predicted octanol–water partition coefficient (Wildman–Crippen LogP) is 1.51. The molecule has 0 fully saturated rings. The Morgan fingerprint density at radius 2 is 2.14 bits per heavy atom. The summed E-state index contributed by atoms with van der Waals surface area (Å²) in [6.45, 7) is 4.11. The first-order chi connectivity index (χ1) is 3.12. The van der Waals surface area contributed by atoms with Crippen molar-refractivity contribution < 1.29 is 0 Å². The largest absolute Gasteiger partial charge is 0.325 e. The summed E-state index contributed by atoms with van der Waals surface area (Å²) in [5.41, 5.74) is 5.67. The average Bonchev–Trinajstić information content (AvgIpc) is 1.68. The fourth-order valence-electron chi connectivity index (χ4n) is 0.0945. The zero-order valence-electron chi connectivity index (χ0n) is 4.87. The van der Waals surface area contributed by atoms with Crippen LogP contribution < -0.4 is 5.73 Å². The molecule has 0 bridgehead atoms. The second-order valence-electron chi connectivity index (χ2n) is 2.14. The van der Waals surface area contributed by atoms with E-state index in [1.807, 2.05) is 6.92 Å². The first kappa shape index (κ1) is 7.44. The maximum absolute atomic E-state index is 5.67. The lowest BCUT2D eigenvalue weighted by atomic mass is 10.0. The van der Waals surface area contributed by atoms with Crippen molar-refractivity contribution in [1.82, 2.24) is 0 Å². The third-order valence-electron chi connectivity index (χ3n) is 1.11. The molecule has 0 aliphatic rings. The number of nitrogens with two attached hydrogens (primary N) is 1. The van der Waals surface area contributed by atoms with Gasteiger partial charge in [-0.15, -0.1) is 0 Å². The SMILES string of the molecule is CCC(C)(N)CBr. The van der Waals surface area contributed by atoms with E-state index < -0.39 is 0 Å². The third-order valence-corrected chi connectivity index (χ3v) is 2.39. The van der Waals surface area contributed by atoms with E-state index in [1.54, 1.807) is 0 Å². The molecule has 0 rings (SSSR count). The fourth-order valence-corrected chi connectivity index (χ4v) is 0.491. The summed E-state index contributed by atoms with van der Waals surface area (Å²) in [5, 5.41) is 0.885. The summed E-state index contributed by atoms with van der Waals surface area (Å²) in [4.78, 5) is 0. The highest BCUT2D eigenvalue weighted by Crippen LogP contribution is 2.06. The van der Waals surface area contributed by atoms with E-state index in [4.69, 9.17) is 5.73 Å². The van der Waals surface area contributed by atoms with Crippen LogP contribution in [0.15, 0.2) is 0 Å². The van der Waals surface area contributed by atoms with Crippen molar-refractivity contribution in [2.75, 3.05) is 5.33 Å². The van der Waals surface area contributed by atoms with Crippen LogP contribution >= 0.6 is 15.9 Å². The minimum atomic E-state index is 0. The van der Waals surface area contributed by atoms with Gasteiger partial charge < -0.3 is 5.73 Å². The first-order valence-electron chi connectivity index (χ1n) is 2.47. The van der Waals surface area contributed by atoms with Crippen LogP contribution in [0.3, 0.4) is 0 Å². The molecule has 0 aromatic rings. The van der Waals surface area contributed by atoms with Crippen LogP contribution in [0.5, 0.6) is 0 Å². The van der Waals surface area contributed by atoms with E-state index in [2.05, 4.69) is 22.9 Å². The zero-order valence-corrected chi connectivity index (χ0v) is 6.46. The molecular weight excluding hydrogens is 154 g/mol. The van der Waals surface area contributed by atoms with Crippen LogP contribution in [0.25, 0.3) is 0 Å². The topological polar surface area (TPSA) is 26.0 Å². The highest BCUT2D eigenvalue weighted by atomic mass is 79.9. The standard InChI is InChI=1S/C5H12BrN/c1-3-5(2,7)4-6/h3-4,7H2,1-2H3. The Kier molecular flexibility index (Phi) is 2.84. The van der Waals surface area contributed by atoms with Gasteiger partial charge >= 0.3 is 0 Å². The number of halogens is 1. The lowest BCUT2D eigenvalue weighted by Crippen LogP contribution is -2.36. The van der Waals surface area contributed by atoms with Crippen LogP contribution in [0, 0.1) is 0 Å². The average molecular weight is 166 g/mol. The Morgan fingerprint density at radius 1 is 1.71 bits per heavy atom. The van der Waals surface area contributed by atoms with Crippen LogP contribution in [0.1, 0.15) is 20.3 Å². The molecule has 2 N–H and O–H groups in total. The lowest BCUT2D eigenvalue weighted by Gasteiger charge is -2.17. The Morgan fingerprint density at radius 3 is 2.14 bits per heavy atom. The zero-order chi connectivity index (χ0) is 5.91. The van der Waals surface area contributed by atoms with Gasteiger partial charge in [0.2, 0.25) is 0 Å². The fraction of sp³-hybridized carbons (Fsp3) is 1.00. The molecule has 1 atom stereocenters. The Labute approximate surface area is 53.4 Å². The summed E-state index contributed by atoms with van der Waals surface area (Å²) in [6, 6.07) is 0. The summed E-state index contributed by atoms with van der Waals surface area (Å²) >= 11 is 3.31. The van der Waals surface area contributed by atoms with E-state index in [1.165, 1.54) is 0 Å². The van der Waals surface area contributed by atoms with Gasteiger partial charge in [0, 0.05) is 10.9 Å². The van der Waals surface area contributed by atoms with Crippen molar-refractivity contribution in [2.45, 2.75) is 25.8 Å². The van der Waals surface area contributed by atoms with Crippen molar-refractivity contribution >= 4 is 15.9 Å². The molecule has 0 amide bonds. The summed E-state index contributed by atoms with van der Waals surface area (Å²) in [6.07, 6.45) is 1.03. The number of rotatable bonds is 2. The molecule has 0 saturated carbocycles. The van der Waals surface area contributed by atoms with Crippen LogP contribution in [-0.2, 0) is 0 Å². The van der Waals surface area contributed by atoms with Gasteiger partial charge in [0.1, 0.15) is 0 Å². The molecule has 2 heteroatoms. The van der Waals surface area contributed by atoms with Crippen LogP contribution in [0.2, 0.25) is 0 Å². The maximum atomic E-state index is 5.67. The highest BCUT2D eigenvalue weighted by Gasteiger charge is 2.11. The van der Waals surface area contributed by atoms with Crippen molar-refractivity contribution in [3.8, 4) is 0 Å². The molecule has 0 aliphatic heterocycles. The molecule has 7 heavy (non-hydrogen) atoms. The maximum Gasteiger partial charge on any atom is 0.0221 e. The van der Waals surface area contributed by atoms with Crippen molar-refractivity contribution in [1.29, 1.82) is 0 Å². The van der Waals surface area contributed by atoms with Gasteiger partial charge in [0.05, 0.1) is 0 Å². The van der Waals surface area contributed by atoms with Gasteiger partial charge in [-0.3, -0.25) is 0 Å². The quantitative estimate of drug-likeness (QED) is 0.618. The number of hydrogen-bond acceptors (Lipinski definition) is 1. The van der Waals surface area contributed by atoms with Crippen LogP contribution in [-0.4, -0.2) is 10.9 Å². The summed E-state index contributed by atoms with van der Waals surface area (Å²) in [5.74, 6) is 0. The van der Waals surface area contributed by atoms with E-state index in [-0.39, 0.29) is 5.54 Å². The van der Waals surface area contributed by atoms with E-state index in [0.29, 0.717) is 0 Å². The van der Waals surface area contributed by atoms with Gasteiger partial charge in [0.25, 0.3) is 0 Å². The predicted molar refractivity (Wildman–Crippen MR) is 36.7 cm³/mol. The molecule has 0 aromatic heterocycles. The minimum absolute atomic E-state index is 0. The molecule has 0 saturated heterocycles. The molecular formula is C5H12BrN. The van der Waals surface area contributed by atoms with Gasteiger partial charge in [-0.1, -0.05) is 22.9 Å². The van der Waals surface area contributed by atoms with Gasteiger partial charge in [0.15, 0.2) is 0 Å². The number of hydrogen-bond donors (Lipinski definition) is 1. The smallest absolute Gasteiger partial charge is 0.0221 e. The third kappa shape index (κ3) is 3.06. The van der Waals surface area contributed by atoms with E-state index >= 15 is 0 Å². The molecule has 1 nitrogen and oxygen atoms in total. The highest BCUT2D eigenvalue weighted by molar-refractivity contribution is 9.09. The summed E-state index contributed by atoms with van der Waals surface area (Å²) in [7, 11) is 0. The van der Waals surface area contributed by atoms with Crippen molar-refractivity contribution in [2.24, 2.45) is 5.73 Å². The second kappa shape index (κ2) is 2.68. The number of alkyl halides is 1. The Hall–Kier alpha value is 0.440. The molecule has 0 spiro atoms. The second-order valence-corrected chi connectivity index (χ2v) is 2.70. The monoisotopic (exact) mass is 165 g/mol. The van der Waals surface area contributed by atoms with Gasteiger partial charge in [-0.05, 0) is 13.3 Å². The molecule has 44 valence electrons. The van der Waals surface area contributed by atoms with Gasteiger partial charge in [-0.2, -0.15) is 0 Å². The molecule has 0 aromatic carbocycles. The Bertz CT molecular complexity index is 46.0. The molecule has 0 radical (unpaired) electrons. The molecule has 1 unspecified atom stereocenters. The van der Waals surface area contributed by atoms with E-state index in [9.17, 15) is 0 Å². The molecule has 0 aliphatic carbocycles. The Balaban J connectivity index is 3.36. The van der Waals surface area contributed by atoms with Crippen molar-refractivity contribution in [3.63, 3.8) is 0 Å².